The number of aliphatic hydroxyl groups is 1. The van der Waals surface area contributed by atoms with Crippen molar-refractivity contribution in [1.82, 2.24) is 0 Å². The normalized spacial score (nSPS) is 17.3. The van der Waals surface area contributed by atoms with Gasteiger partial charge in [-0.3, -0.25) is 0 Å². The van der Waals surface area contributed by atoms with Gasteiger partial charge in [0.05, 0.1) is 5.44 Å². The molecule has 0 aromatic heterocycles. The van der Waals surface area contributed by atoms with E-state index in [1.807, 2.05) is 6.92 Å². The Bertz CT molecular complexity index is 63.9. The first-order valence-corrected chi connectivity index (χ1v) is 4.44. The summed E-state index contributed by atoms with van der Waals surface area (Å²) in [7, 11) is 0. The van der Waals surface area contributed by atoms with Crippen LogP contribution >= 0.6 is 11.8 Å². The number of aliphatic hydroxyl groups excluding tert-OH is 1. The molecule has 1 nitrogen and oxygen atoms in total. The summed E-state index contributed by atoms with van der Waals surface area (Å²) in [5.41, 5.74) is -0.202. The average molecular weight is 148 g/mol. The molecule has 0 aromatic carbocycles. The zero-order valence-electron chi connectivity index (χ0n) is 6.42. The molecule has 0 spiro atoms. The fraction of sp³-hybridized carbons (Fsp3) is 1.00. The maximum Gasteiger partial charge on any atom is 0.0967 e. The van der Waals surface area contributed by atoms with Crippen LogP contribution in [0.4, 0.5) is 0 Å². The minimum Gasteiger partial charge on any atom is -0.383 e. The molecule has 0 aliphatic carbocycles. The molecule has 2 heteroatoms. The lowest BCUT2D eigenvalue weighted by molar-refractivity contribution is 0.283. The second-order valence-electron chi connectivity index (χ2n) is 2.33. The highest BCUT2D eigenvalue weighted by Crippen LogP contribution is 2.18. The molecule has 0 radical (unpaired) electrons. The van der Waals surface area contributed by atoms with Crippen LogP contribution in [0.5, 0.6) is 0 Å². The Labute approximate surface area is 61.8 Å². The molecule has 0 fully saturated rings. The highest BCUT2D eigenvalue weighted by atomic mass is 32.2. The minimum atomic E-state index is -0.202. The van der Waals surface area contributed by atoms with Gasteiger partial charge in [-0.25, -0.2) is 0 Å². The summed E-state index contributed by atoms with van der Waals surface area (Å²) in [5, 5.41) is 9.52. The van der Waals surface area contributed by atoms with E-state index in [9.17, 15) is 0 Å². The molecule has 2 unspecified atom stereocenters. The maximum atomic E-state index is 8.91. The Morgan fingerprint density at radius 2 is 2.00 bits per heavy atom. The standard InChI is InChI=1S/C7H16OS/c1-4-5-6(2)9-7(3)8/h6-8H,4-5H2,1-3H3. The first kappa shape index (κ1) is 9.31. The van der Waals surface area contributed by atoms with E-state index >= 15 is 0 Å². The van der Waals surface area contributed by atoms with Crippen LogP contribution in [-0.2, 0) is 0 Å². The van der Waals surface area contributed by atoms with Crippen LogP contribution in [0.3, 0.4) is 0 Å². The fourth-order valence-electron chi connectivity index (χ4n) is 0.811. The Balaban J connectivity index is 3.15. The van der Waals surface area contributed by atoms with Crippen molar-refractivity contribution >= 4 is 11.8 Å². The van der Waals surface area contributed by atoms with E-state index in [1.165, 1.54) is 12.8 Å². The van der Waals surface area contributed by atoms with Crippen LogP contribution in [0.1, 0.15) is 33.6 Å². The molecule has 0 aliphatic rings. The van der Waals surface area contributed by atoms with E-state index in [4.69, 9.17) is 5.11 Å². The van der Waals surface area contributed by atoms with Gasteiger partial charge in [0.1, 0.15) is 0 Å². The Kier molecular flexibility index (Phi) is 5.30. The van der Waals surface area contributed by atoms with Crippen LogP contribution in [0.25, 0.3) is 0 Å². The van der Waals surface area contributed by atoms with E-state index < -0.39 is 0 Å². The number of hydrogen-bond acceptors (Lipinski definition) is 2. The SMILES string of the molecule is CCCC(C)SC(C)O. The molecule has 56 valence electrons. The van der Waals surface area contributed by atoms with Crippen molar-refractivity contribution in [3.63, 3.8) is 0 Å². The molecule has 0 heterocycles. The van der Waals surface area contributed by atoms with Gasteiger partial charge >= 0.3 is 0 Å². The van der Waals surface area contributed by atoms with Crippen LogP contribution in [0, 0.1) is 0 Å². The molecular formula is C7H16OS. The molecule has 0 aromatic rings. The fourth-order valence-corrected chi connectivity index (χ4v) is 1.85. The number of thioether (sulfide) groups is 1. The van der Waals surface area contributed by atoms with E-state index in [1.54, 1.807) is 11.8 Å². The summed E-state index contributed by atoms with van der Waals surface area (Å²) in [4.78, 5) is 0. The molecule has 0 saturated carbocycles. The first-order chi connectivity index (χ1) is 4.16. The lowest BCUT2D eigenvalue weighted by Gasteiger charge is -2.10. The Morgan fingerprint density at radius 3 is 2.33 bits per heavy atom. The topological polar surface area (TPSA) is 20.2 Å². The highest BCUT2D eigenvalue weighted by Gasteiger charge is 2.03. The Hall–Kier alpha value is 0.310. The van der Waals surface area contributed by atoms with Crippen molar-refractivity contribution < 1.29 is 5.11 Å². The van der Waals surface area contributed by atoms with Crippen molar-refractivity contribution in [1.29, 1.82) is 0 Å². The predicted octanol–water partition coefficient (Wildman–Crippen LogP) is 2.25. The summed E-state index contributed by atoms with van der Waals surface area (Å²) < 4.78 is 0. The van der Waals surface area contributed by atoms with Crippen molar-refractivity contribution in [2.24, 2.45) is 0 Å². The zero-order chi connectivity index (χ0) is 7.28. The average Bonchev–Trinajstić information content (AvgIpc) is 1.63. The number of hydrogen-bond donors (Lipinski definition) is 1. The summed E-state index contributed by atoms with van der Waals surface area (Å²) in [6.45, 7) is 6.14. The molecule has 1 N–H and O–H groups in total. The van der Waals surface area contributed by atoms with E-state index in [2.05, 4.69) is 13.8 Å². The lowest BCUT2D eigenvalue weighted by Crippen LogP contribution is -2.02. The van der Waals surface area contributed by atoms with E-state index in [0.29, 0.717) is 5.25 Å². The van der Waals surface area contributed by atoms with Gasteiger partial charge in [0, 0.05) is 5.25 Å². The van der Waals surface area contributed by atoms with Crippen molar-refractivity contribution in [3.05, 3.63) is 0 Å². The summed E-state index contributed by atoms with van der Waals surface area (Å²) >= 11 is 1.63. The molecular weight excluding hydrogens is 132 g/mol. The van der Waals surface area contributed by atoms with Gasteiger partial charge in [-0.2, -0.15) is 0 Å². The molecule has 0 amide bonds. The monoisotopic (exact) mass is 148 g/mol. The highest BCUT2D eigenvalue weighted by molar-refractivity contribution is 8.00. The summed E-state index contributed by atoms with van der Waals surface area (Å²) in [6, 6.07) is 0. The van der Waals surface area contributed by atoms with Crippen LogP contribution in [-0.4, -0.2) is 15.8 Å². The second-order valence-corrected chi connectivity index (χ2v) is 4.09. The van der Waals surface area contributed by atoms with Gasteiger partial charge in [-0.1, -0.05) is 20.3 Å². The van der Waals surface area contributed by atoms with E-state index in [0.717, 1.165) is 0 Å². The smallest absolute Gasteiger partial charge is 0.0967 e. The van der Waals surface area contributed by atoms with Crippen molar-refractivity contribution in [2.75, 3.05) is 0 Å². The second kappa shape index (κ2) is 5.12. The quantitative estimate of drug-likeness (QED) is 0.617. The lowest BCUT2D eigenvalue weighted by atomic mass is 10.3. The van der Waals surface area contributed by atoms with Crippen LogP contribution in [0.15, 0.2) is 0 Å². The van der Waals surface area contributed by atoms with Gasteiger partial charge in [-0.05, 0) is 13.3 Å². The van der Waals surface area contributed by atoms with Gasteiger partial charge in [0.25, 0.3) is 0 Å². The molecule has 0 bridgehead atoms. The van der Waals surface area contributed by atoms with Crippen molar-refractivity contribution in [2.45, 2.75) is 44.3 Å². The molecule has 0 rings (SSSR count). The Morgan fingerprint density at radius 1 is 1.44 bits per heavy atom. The molecule has 2 atom stereocenters. The zero-order valence-corrected chi connectivity index (χ0v) is 7.24. The van der Waals surface area contributed by atoms with Gasteiger partial charge in [0.2, 0.25) is 0 Å². The molecule has 9 heavy (non-hydrogen) atoms. The third-order valence-corrected chi connectivity index (χ3v) is 2.22. The maximum absolute atomic E-state index is 8.91. The third-order valence-electron chi connectivity index (χ3n) is 1.12. The summed E-state index contributed by atoms with van der Waals surface area (Å²) in [5.74, 6) is 0. The predicted molar refractivity (Wildman–Crippen MR) is 43.6 cm³/mol. The van der Waals surface area contributed by atoms with Crippen molar-refractivity contribution in [3.8, 4) is 0 Å². The molecule has 0 aliphatic heterocycles. The van der Waals surface area contributed by atoms with Gasteiger partial charge in [-0.15, -0.1) is 11.8 Å². The van der Waals surface area contributed by atoms with E-state index in [-0.39, 0.29) is 5.44 Å². The minimum absolute atomic E-state index is 0.202. The van der Waals surface area contributed by atoms with Crippen LogP contribution in [0.2, 0.25) is 0 Å². The molecule has 0 saturated heterocycles. The summed E-state index contributed by atoms with van der Waals surface area (Å²) in [6.07, 6.45) is 2.41. The third kappa shape index (κ3) is 6.19. The largest absolute Gasteiger partial charge is 0.383 e. The van der Waals surface area contributed by atoms with Gasteiger partial charge < -0.3 is 5.11 Å². The first-order valence-electron chi connectivity index (χ1n) is 3.50. The van der Waals surface area contributed by atoms with Crippen LogP contribution < -0.4 is 0 Å². The van der Waals surface area contributed by atoms with Gasteiger partial charge in [0.15, 0.2) is 0 Å². The number of rotatable bonds is 4.